The summed E-state index contributed by atoms with van der Waals surface area (Å²) in [4.78, 5) is 22.2. The third-order valence-electron chi connectivity index (χ3n) is 6.65. The number of fused-ring (bicyclic) bond motifs is 1. The number of carbonyl (C=O) groups excluding carboxylic acids is 1. The van der Waals surface area contributed by atoms with Crippen LogP contribution in [0.4, 0.5) is 16.2 Å². The molecule has 4 rings (SSSR count). The molecular formula is C30H40N4O2. The van der Waals surface area contributed by atoms with Gasteiger partial charge in [-0.1, -0.05) is 44.9 Å². The van der Waals surface area contributed by atoms with Gasteiger partial charge in [0.05, 0.1) is 5.69 Å². The summed E-state index contributed by atoms with van der Waals surface area (Å²) in [6.45, 7) is 11.4. The first-order chi connectivity index (χ1) is 17.3. The second kappa shape index (κ2) is 11.2. The first-order valence-electron chi connectivity index (χ1n) is 13.3. The molecule has 36 heavy (non-hydrogen) atoms. The maximum atomic E-state index is 12.4. The van der Waals surface area contributed by atoms with Crippen LogP contribution in [0.25, 0.3) is 16.6 Å². The van der Waals surface area contributed by atoms with E-state index < -0.39 is 5.60 Å². The predicted octanol–water partition coefficient (Wildman–Crippen LogP) is 8.01. The van der Waals surface area contributed by atoms with E-state index in [-0.39, 0.29) is 6.09 Å². The first-order valence-corrected chi connectivity index (χ1v) is 13.3. The van der Waals surface area contributed by atoms with Crippen molar-refractivity contribution < 1.29 is 9.53 Å². The monoisotopic (exact) mass is 488 g/mol. The number of aromatic nitrogens is 2. The van der Waals surface area contributed by atoms with Gasteiger partial charge in [0.2, 0.25) is 0 Å². The highest BCUT2D eigenvalue weighted by Crippen LogP contribution is 2.32. The number of anilines is 2. The fraction of sp³-hybridized carbons (Fsp3) is 0.467. The Morgan fingerprint density at radius 3 is 2.61 bits per heavy atom. The number of hydrogen-bond acceptors (Lipinski definition) is 4. The molecule has 6 nitrogen and oxygen atoms in total. The highest BCUT2D eigenvalue weighted by atomic mass is 16.6. The molecule has 3 aromatic rings. The third kappa shape index (κ3) is 6.28. The molecule has 0 saturated carbocycles. The molecular weight excluding hydrogens is 448 g/mol. The molecule has 0 radical (unpaired) electrons. The van der Waals surface area contributed by atoms with Crippen LogP contribution in [0.5, 0.6) is 0 Å². The molecule has 1 aromatic carbocycles. The molecule has 1 aliphatic rings. The van der Waals surface area contributed by atoms with Gasteiger partial charge in [-0.15, -0.1) is 0 Å². The summed E-state index contributed by atoms with van der Waals surface area (Å²) in [7, 11) is 0. The molecule has 2 aromatic heterocycles. The van der Waals surface area contributed by atoms with Gasteiger partial charge in [0, 0.05) is 36.1 Å². The fourth-order valence-corrected chi connectivity index (χ4v) is 4.92. The summed E-state index contributed by atoms with van der Waals surface area (Å²) in [5.41, 5.74) is 6.17. The van der Waals surface area contributed by atoms with Crippen LogP contribution in [-0.4, -0.2) is 39.7 Å². The second-order valence-electron chi connectivity index (χ2n) is 10.7. The van der Waals surface area contributed by atoms with E-state index in [0.717, 1.165) is 34.5 Å². The Balaban J connectivity index is 1.52. The van der Waals surface area contributed by atoms with Crippen molar-refractivity contribution in [3.8, 4) is 0 Å². The lowest BCUT2D eigenvalue weighted by atomic mass is 9.90. The van der Waals surface area contributed by atoms with E-state index in [0.29, 0.717) is 19.0 Å². The zero-order valence-corrected chi connectivity index (χ0v) is 22.4. The van der Waals surface area contributed by atoms with E-state index in [9.17, 15) is 4.79 Å². The van der Waals surface area contributed by atoms with Crippen LogP contribution in [0, 0.1) is 0 Å². The summed E-state index contributed by atoms with van der Waals surface area (Å²) in [5, 5.41) is 4.70. The van der Waals surface area contributed by atoms with Crippen molar-refractivity contribution in [2.75, 3.05) is 18.4 Å². The zero-order valence-electron chi connectivity index (χ0n) is 22.4. The van der Waals surface area contributed by atoms with Crippen molar-refractivity contribution in [3.05, 3.63) is 59.9 Å². The van der Waals surface area contributed by atoms with Crippen LogP contribution >= 0.6 is 0 Å². The highest BCUT2D eigenvalue weighted by Gasteiger charge is 2.24. The Hall–Kier alpha value is -3.28. The lowest BCUT2D eigenvalue weighted by Crippen LogP contribution is -2.39. The number of aromatic amines is 1. The molecule has 0 bridgehead atoms. The number of H-pyrrole nitrogens is 1. The minimum atomic E-state index is -0.486. The number of nitrogens with zero attached hydrogens (tertiary/aromatic N) is 2. The van der Waals surface area contributed by atoms with Crippen LogP contribution < -0.4 is 5.32 Å². The normalized spacial score (nSPS) is 14.3. The van der Waals surface area contributed by atoms with Crippen molar-refractivity contribution in [3.63, 3.8) is 0 Å². The number of benzene rings is 1. The fourth-order valence-electron chi connectivity index (χ4n) is 4.92. The summed E-state index contributed by atoms with van der Waals surface area (Å²) < 4.78 is 5.52. The molecule has 0 spiro atoms. The second-order valence-corrected chi connectivity index (χ2v) is 10.7. The molecule has 0 unspecified atom stereocenters. The predicted molar refractivity (Wildman–Crippen MR) is 149 cm³/mol. The molecule has 2 N–H and O–H groups in total. The van der Waals surface area contributed by atoms with E-state index in [1.165, 1.54) is 36.8 Å². The Morgan fingerprint density at radius 1 is 1.17 bits per heavy atom. The lowest BCUT2D eigenvalue weighted by molar-refractivity contribution is 0.0270. The van der Waals surface area contributed by atoms with E-state index >= 15 is 0 Å². The Labute approximate surface area is 215 Å². The van der Waals surface area contributed by atoms with Crippen molar-refractivity contribution in [2.45, 2.75) is 78.2 Å². The van der Waals surface area contributed by atoms with Gasteiger partial charge in [-0.3, -0.25) is 0 Å². The van der Waals surface area contributed by atoms with E-state index in [1.54, 1.807) is 4.90 Å². The Morgan fingerprint density at radius 2 is 1.94 bits per heavy atom. The largest absolute Gasteiger partial charge is 0.444 e. The molecule has 0 atom stereocenters. The molecule has 3 heterocycles. The summed E-state index contributed by atoms with van der Waals surface area (Å²) in [6, 6.07) is 13.0. The standard InChI is InChI=1S/C30H40N4O2/c1-6-9-21(10-7-2)23-11-8-12-24(19-23)32-26-13-16-31-28-25(26)20-27(33-28)22-14-17-34(18-15-22)29(35)36-30(3,4)5/h8,11-14,16,19-21H,6-7,9-10,15,17-18H2,1-5H3,(H2,31,32,33). The summed E-state index contributed by atoms with van der Waals surface area (Å²) >= 11 is 0. The van der Waals surface area contributed by atoms with Gasteiger partial charge in [0.15, 0.2) is 0 Å². The Kier molecular flexibility index (Phi) is 8.02. The van der Waals surface area contributed by atoms with E-state index in [1.807, 2.05) is 33.0 Å². The lowest BCUT2D eigenvalue weighted by Gasteiger charge is -2.29. The van der Waals surface area contributed by atoms with Gasteiger partial charge in [-0.05, 0) is 81.4 Å². The van der Waals surface area contributed by atoms with E-state index in [4.69, 9.17) is 4.74 Å². The van der Waals surface area contributed by atoms with Crippen LogP contribution in [0.15, 0.2) is 48.7 Å². The number of ether oxygens (including phenoxy) is 1. The van der Waals surface area contributed by atoms with E-state index in [2.05, 4.69) is 65.5 Å². The van der Waals surface area contributed by atoms with Crippen LogP contribution in [0.3, 0.4) is 0 Å². The van der Waals surface area contributed by atoms with Gasteiger partial charge >= 0.3 is 6.09 Å². The molecule has 192 valence electrons. The van der Waals surface area contributed by atoms with Gasteiger partial charge in [0.25, 0.3) is 0 Å². The maximum Gasteiger partial charge on any atom is 0.410 e. The van der Waals surface area contributed by atoms with Gasteiger partial charge in [0.1, 0.15) is 11.2 Å². The number of hydrogen-bond donors (Lipinski definition) is 2. The number of pyridine rings is 1. The number of rotatable bonds is 8. The molecule has 1 aliphatic heterocycles. The average Bonchev–Trinajstić information content (AvgIpc) is 3.29. The molecule has 0 aliphatic carbocycles. The highest BCUT2D eigenvalue weighted by molar-refractivity contribution is 5.94. The third-order valence-corrected chi connectivity index (χ3v) is 6.65. The molecule has 1 amide bonds. The van der Waals surface area contributed by atoms with Crippen LogP contribution in [-0.2, 0) is 4.74 Å². The zero-order chi connectivity index (χ0) is 25.7. The van der Waals surface area contributed by atoms with Crippen molar-refractivity contribution in [1.29, 1.82) is 0 Å². The summed E-state index contributed by atoms with van der Waals surface area (Å²) in [6.07, 6.45) is 9.30. The van der Waals surface area contributed by atoms with Crippen LogP contribution in [0.2, 0.25) is 0 Å². The molecule has 0 saturated heterocycles. The van der Waals surface area contributed by atoms with Crippen LogP contribution in [0.1, 0.15) is 83.9 Å². The first kappa shape index (κ1) is 25.8. The van der Waals surface area contributed by atoms with Gasteiger partial charge in [-0.2, -0.15) is 0 Å². The Bertz CT molecular complexity index is 1220. The average molecular weight is 489 g/mol. The topological polar surface area (TPSA) is 70.2 Å². The quantitative estimate of drug-likeness (QED) is 0.337. The van der Waals surface area contributed by atoms with Crippen molar-refractivity contribution >= 4 is 34.1 Å². The molecule has 0 fully saturated rings. The molecule has 6 heteroatoms. The summed E-state index contributed by atoms with van der Waals surface area (Å²) in [5.74, 6) is 0.608. The number of carbonyl (C=O) groups is 1. The van der Waals surface area contributed by atoms with Gasteiger partial charge < -0.3 is 19.9 Å². The maximum absolute atomic E-state index is 12.4. The minimum Gasteiger partial charge on any atom is -0.444 e. The van der Waals surface area contributed by atoms with Crippen molar-refractivity contribution in [1.82, 2.24) is 14.9 Å². The van der Waals surface area contributed by atoms with Gasteiger partial charge in [-0.25, -0.2) is 9.78 Å². The van der Waals surface area contributed by atoms with Crippen molar-refractivity contribution in [2.24, 2.45) is 0 Å². The number of nitrogens with one attached hydrogen (secondary N) is 2. The number of amides is 1. The smallest absolute Gasteiger partial charge is 0.410 e. The SMILES string of the molecule is CCCC(CCC)c1cccc(Nc2ccnc3[nH]c(C4=CCN(C(=O)OC(C)(C)C)CC4)cc23)c1. The minimum absolute atomic E-state index is 0.259.